The zero-order chi connectivity index (χ0) is 14.8. The van der Waals surface area contributed by atoms with Crippen LogP contribution in [0.15, 0.2) is 30.3 Å². The first-order valence-electron chi connectivity index (χ1n) is 7.43. The van der Waals surface area contributed by atoms with E-state index in [9.17, 15) is 4.79 Å². The third-order valence-corrected chi connectivity index (χ3v) is 4.11. The summed E-state index contributed by atoms with van der Waals surface area (Å²) in [6.45, 7) is 10.9. The summed E-state index contributed by atoms with van der Waals surface area (Å²) in [7, 11) is 0. The van der Waals surface area contributed by atoms with Gasteiger partial charge < -0.3 is 10.2 Å². The van der Waals surface area contributed by atoms with Crippen LogP contribution in [0.4, 0.5) is 0 Å². The Morgan fingerprint density at radius 1 is 1.25 bits per heavy atom. The van der Waals surface area contributed by atoms with Crippen LogP contribution < -0.4 is 5.32 Å². The predicted molar refractivity (Wildman–Crippen MR) is 82.7 cm³/mol. The third kappa shape index (κ3) is 3.21. The minimum absolute atomic E-state index is 0.0150. The molecule has 2 rings (SSSR count). The van der Waals surface area contributed by atoms with E-state index in [1.54, 1.807) is 0 Å². The summed E-state index contributed by atoms with van der Waals surface area (Å²) in [5.41, 5.74) is 0.598. The van der Waals surface area contributed by atoms with Gasteiger partial charge in [-0.3, -0.25) is 4.79 Å². The van der Waals surface area contributed by atoms with Crippen LogP contribution in [0.1, 0.15) is 39.7 Å². The van der Waals surface area contributed by atoms with Crippen molar-refractivity contribution in [2.45, 2.75) is 45.1 Å². The van der Waals surface area contributed by atoms with Crippen molar-refractivity contribution < 1.29 is 4.79 Å². The highest BCUT2D eigenvalue weighted by Crippen LogP contribution is 2.27. The zero-order valence-corrected chi connectivity index (χ0v) is 13.1. The predicted octanol–water partition coefficient (Wildman–Crippen LogP) is 2.56. The van der Waals surface area contributed by atoms with Gasteiger partial charge in [0.25, 0.3) is 0 Å². The van der Waals surface area contributed by atoms with Crippen molar-refractivity contribution in [2.24, 2.45) is 0 Å². The molecule has 0 atom stereocenters. The quantitative estimate of drug-likeness (QED) is 0.899. The maximum atomic E-state index is 13.0. The summed E-state index contributed by atoms with van der Waals surface area (Å²) in [6.07, 6.45) is 1.01. The molecule has 1 aliphatic rings. The molecule has 0 spiro atoms. The van der Waals surface area contributed by atoms with Gasteiger partial charge in [-0.1, -0.05) is 30.3 Å². The van der Waals surface area contributed by atoms with Gasteiger partial charge in [0.2, 0.25) is 5.91 Å². The molecule has 0 aromatic heterocycles. The smallest absolute Gasteiger partial charge is 0.232 e. The van der Waals surface area contributed by atoms with Gasteiger partial charge in [-0.15, -0.1) is 0 Å². The van der Waals surface area contributed by atoms with E-state index >= 15 is 0 Å². The molecule has 0 bridgehead atoms. The number of carbonyl (C=O) groups excluding carboxylic acids is 1. The van der Waals surface area contributed by atoms with Crippen LogP contribution >= 0.6 is 0 Å². The molecule has 0 saturated carbocycles. The molecule has 3 heteroatoms. The van der Waals surface area contributed by atoms with Gasteiger partial charge in [0.05, 0.1) is 5.41 Å². The second-order valence-corrected chi connectivity index (χ2v) is 6.88. The van der Waals surface area contributed by atoms with Gasteiger partial charge >= 0.3 is 0 Å². The minimum Gasteiger partial charge on any atom is -0.340 e. The first kappa shape index (κ1) is 15.0. The second kappa shape index (κ2) is 5.57. The lowest BCUT2D eigenvalue weighted by molar-refractivity contribution is -0.136. The van der Waals surface area contributed by atoms with E-state index in [2.05, 4.69) is 19.2 Å². The first-order chi connectivity index (χ1) is 9.33. The monoisotopic (exact) mass is 274 g/mol. The maximum Gasteiger partial charge on any atom is 0.232 e. The fourth-order valence-electron chi connectivity index (χ4n) is 2.86. The molecular formula is C17H26N2O. The van der Waals surface area contributed by atoms with Gasteiger partial charge in [-0.05, 0) is 46.2 Å². The number of rotatable bonds is 2. The molecule has 20 heavy (non-hydrogen) atoms. The Morgan fingerprint density at radius 3 is 2.55 bits per heavy atom. The summed E-state index contributed by atoms with van der Waals surface area (Å²) in [5.74, 6) is 0.223. The molecule has 1 fully saturated rings. The molecule has 3 nitrogen and oxygen atoms in total. The van der Waals surface area contributed by atoms with E-state index < -0.39 is 5.41 Å². The van der Waals surface area contributed by atoms with Gasteiger partial charge in [-0.2, -0.15) is 0 Å². The minimum atomic E-state index is -0.471. The molecule has 1 N–H and O–H groups in total. The Balaban J connectivity index is 2.21. The number of nitrogens with zero attached hydrogens (tertiary/aromatic N) is 1. The Hall–Kier alpha value is -1.35. The zero-order valence-electron chi connectivity index (χ0n) is 13.1. The van der Waals surface area contributed by atoms with Crippen molar-refractivity contribution in [3.63, 3.8) is 0 Å². The number of benzene rings is 1. The van der Waals surface area contributed by atoms with Crippen LogP contribution in [0, 0.1) is 0 Å². The van der Waals surface area contributed by atoms with E-state index in [4.69, 9.17) is 0 Å². The second-order valence-electron chi connectivity index (χ2n) is 6.88. The Bertz CT molecular complexity index is 465. The Labute approximate surface area is 122 Å². The normalized spacial score (nSPS) is 19.5. The lowest BCUT2D eigenvalue weighted by Gasteiger charge is -2.35. The summed E-state index contributed by atoms with van der Waals surface area (Å²) >= 11 is 0. The number of carbonyl (C=O) groups is 1. The number of amides is 1. The van der Waals surface area contributed by atoms with Crippen molar-refractivity contribution in [2.75, 3.05) is 19.6 Å². The molecule has 1 amide bonds. The summed E-state index contributed by atoms with van der Waals surface area (Å²) in [5, 5.41) is 3.50. The summed E-state index contributed by atoms with van der Waals surface area (Å²) in [4.78, 5) is 15.0. The number of nitrogens with one attached hydrogen (secondary N) is 1. The van der Waals surface area contributed by atoms with Crippen molar-refractivity contribution in [1.29, 1.82) is 0 Å². The molecule has 1 aromatic rings. The van der Waals surface area contributed by atoms with Gasteiger partial charge in [-0.25, -0.2) is 0 Å². The van der Waals surface area contributed by atoms with Gasteiger partial charge in [0.1, 0.15) is 0 Å². The van der Waals surface area contributed by atoms with E-state index in [1.165, 1.54) is 0 Å². The van der Waals surface area contributed by atoms with E-state index in [1.807, 2.05) is 49.1 Å². The topological polar surface area (TPSA) is 32.3 Å². The molecule has 0 aliphatic carbocycles. The van der Waals surface area contributed by atoms with Gasteiger partial charge in [0.15, 0.2) is 0 Å². The highest BCUT2D eigenvalue weighted by molar-refractivity contribution is 5.87. The maximum absolute atomic E-state index is 13.0. The number of hydrogen-bond donors (Lipinski definition) is 1. The molecule has 1 saturated heterocycles. The van der Waals surface area contributed by atoms with Crippen molar-refractivity contribution >= 4 is 5.91 Å². The Morgan fingerprint density at radius 2 is 1.90 bits per heavy atom. The first-order valence-corrected chi connectivity index (χ1v) is 7.43. The molecule has 0 unspecified atom stereocenters. The highest BCUT2D eigenvalue weighted by Gasteiger charge is 2.36. The molecular weight excluding hydrogens is 248 g/mol. The van der Waals surface area contributed by atoms with Crippen molar-refractivity contribution in [3.8, 4) is 0 Å². The van der Waals surface area contributed by atoms with E-state index in [0.29, 0.717) is 0 Å². The summed E-state index contributed by atoms with van der Waals surface area (Å²) in [6, 6.07) is 10.1. The lowest BCUT2D eigenvalue weighted by atomic mass is 9.83. The van der Waals surface area contributed by atoms with Crippen molar-refractivity contribution in [3.05, 3.63) is 35.9 Å². The third-order valence-electron chi connectivity index (χ3n) is 4.11. The molecule has 1 aromatic carbocycles. The molecule has 0 radical (unpaired) electrons. The lowest BCUT2D eigenvalue weighted by Crippen LogP contribution is -2.51. The van der Waals surface area contributed by atoms with Crippen LogP contribution in [0.3, 0.4) is 0 Å². The summed E-state index contributed by atoms with van der Waals surface area (Å²) < 4.78 is 0. The van der Waals surface area contributed by atoms with Crippen LogP contribution in [0.2, 0.25) is 0 Å². The van der Waals surface area contributed by atoms with Crippen LogP contribution in [0.5, 0.6) is 0 Å². The van der Waals surface area contributed by atoms with E-state index in [0.717, 1.165) is 31.6 Å². The molecule has 1 aliphatic heterocycles. The average molecular weight is 274 g/mol. The van der Waals surface area contributed by atoms with E-state index in [-0.39, 0.29) is 11.4 Å². The average Bonchev–Trinajstić information content (AvgIpc) is 2.59. The largest absolute Gasteiger partial charge is 0.340 e. The Kier molecular flexibility index (Phi) is 4.19. The SMILES string of the molecule is CC1(C)CN(C(=O)C(C)(C)c2ccccc2)CCCN1. The van der Waals surface area contributed by atoms with Crippen LogP contribution in [0.25, 0.3) is 0 Å². The fourth-order valence-corrected chi connectivity index (χ4v) is 2.86. The van der Waals surface area contributed by atoms with Gasteiger partial charge in [0, 0.05) is 18.6 Å². The highest BCUT2D eigenvalue weighted by atomic mass is 16.2. The molecule has 110 valence electrons. The molecule has 1 heterocycles. The van der Waals surface area contributed by atoms with Crippen LogP contribution in [-0.2, 0) is 10.2 Å². The standard InChI is InChI=1S/C17H26N2O/c1-16(2)13-19(12-8-11-18-16)15(20)17(3,4)14-9-6-5-7-10-14/h5-7,9-10,18H,8,11-13H2,1-4H3. The van der Waals surface area contributed by atoms with Crippen LogP contribution in [-0.4, -0.2) is 36.0 Å². The fraction of sp³-hybridized carbons (Fsp3) is 0.588. The number of hydrogen-bond acceptors (Lipinski definition) is 2. The van der Waals surface area contributed by atoms with Crippen molar-refractivity contribution in [1.82, 2.24) is 10.2 Å².